The van der Waals surface area contributed by atoms with Gasteiger partial charge in [0, 0.05) is 31.4 Å². The molecule has 9 nitrogen and oxygen atoms in total. The molecule has 122 valence electrons. The average Bonchev–Trinajstić information content (AvgIpc) is 3.24. The van der Waals surface area contributed by atoms with Gasteiger partial charge in [-0.15, -0.1) is 12.3 Å². The molecule has 1 aliphatic heterocycles. The molecule has 0 bridgehead atoms. The zero-order valence-corrected chi connectivity index (χ0v) is 12.9. The monoisotopic (exact) mass is 324 g/mol. The number of tetrazole rings is 1. The summed E-state index contributed by atoms with van der Waals surface area (Å²) in [5.41, 5.74) is 6.37. The maximum atomic E-state index is 12.3. The molecule has 0 fully saturated rings. The lowest BCUT2D eigenvalue weighted by Gasteiger charge is -2.10. The van der Waals surface area contributed by atoms with Crippen molar-refractivity contribution in [3.05, 3.63) is 29.8 Å². The lowest BCUT2D eigenvalue weighted by atomic mass is 10.0. The van der Waals surface area contributed by atoms with Gasteiger partial charge < -0.3 is 11.1 Å². The van der Waals surface area contributed by atoms with Crippen molar-refractivity contribution in [1.29, 1.82) is 0 Å². The molecular formula is C15H16N8O. The van der Waals surface area contributed by atoms with Crippen LogP contribution in [0.5, 0.6) is 0 Å². The van der Waals surface area contributed by atoms with Crippen molar-refractivity contribution >= 4 is 11.9 Å². The summed E-state index contributed by atoms with van der Waals surface area (Å²) < 4.78 is 1.35. The van der Waals surface area contributed by atoms with Crippen molar-refractivity contribution in [1.82, 2.24) is 25.5 Å². The molecule has 1 aromatic carbocycles. The van der Waals surface area contributed by atoms with Gasteiger partial charge in [0.25, 0.3) is 5.91 Å². The van der Waals surface area contributed by atoms with E-state index in [0.717, 1.165) is 0 Å². The fraction of sp³-hybridized carbons (Fsp3) is 0.333. The van der Waals surface area contributed by atoms with E-state index in [1.54, 1.807) is 24.3 Å². The van der Waals surface area contributed by atoms with E-state index in [1.807, 2.05) is 0 Å². The Morgan fingerprint density at radius 3 is 2.88 bits per heavy atom. The molecule has 9 heteroatoms. The summed E-state index contributed by atoms with van der Waals surface area (Å²) in [7, 11) is 0. The van der Waals surface area contributed by atoms with Gasteiger partial charge in [-0.3, -0.25) is 4.79 Å². The lowest BCUT2D eigenvalue weighted by Crippen LogP contribution is -2.28. The second-order valence-corrected chi connectivity index (χ2v) is 5.39. The summed E-state index contributed by atoms with van der Waals surface area (Å²) in [6.45, 7) is 0.466. The Labute approximate surface area is 138 Å². The van der Waals surface area contributed by atoms with Crippen LogP contribution in [0.25, 0.3) is 5.69 Å². The first-order valence-corrected chi connectivity index (χ1v) is 7.44. The normalized spacial score (nSPS) is 14.1. The van der Waals surface area contributed by atoms with Crippen molar-refractivity contribution in [2.45, 2.75) is 24.9 Å². The van der Waals surface area contributed by atoms with E-state index in [9.17, 15) is 4.79 Å². The van der Waals surface area contributed by atoms with Gasteiger partial charge in [0.1, 0.15) is 0 Å². The molecule has 0 atom stereocenters. The van der Waals surface area contributed by atoms with Gasteiger partial charge in [0.2, 0.25) is 5.95 Å². The number of aromatic nitrogens is 4. The van der Waals surface area contributed by atoms with E-state index in [0.29, 0.717) is 37.1 Å². The van der Waals surface area contributed by atoms with Crippen molar-refractivity contribution in [3.63, 3.8) is 0 Å². The van der Waals surface area contributed by atoms with Crippen molar-refractivity contribution in [2.75, 3.05) is 12.3 Å². The lowest BCUT2D eigenvalue weighted by molar-refractivity contribution is 0.0952. The SMILES string of the molecule is C#CCCC1(CCNC(=O)c2cccc(-n3nnnc3N)c2)N=N1. The molecule has 3 N–H and O–H groups in total. The fourth-order valence-corrected chi connectivity index (χ4v) is 2.30. The molecule has 0 saturated carbocycles. The molecule has 2 heterocycles. The van der Waals surface area contributed by atoms with Crippen LogP contribution in [0.15, 0.2) is 34.5 Å². The number of anilines is 1. The van der Waals surface area contributed by atoms with Crippen LogP contribution in [0, 0.1) is 12.3 Å². The maximum Gasteiger partial charge on any atom is 0.251 e. The van der Waals surface area contributed by atoms with E-state index in [1.165, 1.54) is 4.68 Å². The maximum absolute atomic E-state index is 12.3. The minimum absolute atomic E-state index is 0.153. The number of terminal acetylenes is 1. The Bertz CT molecular complexity index is 813. The molecule has 3 rings (SSSR count). The summed E-state index contributed by atoms with van der Waals surface area (Å²) >= 11 is 0. The number of hydrogen-bond donors (Lipinski definition) is 2. The van der Waals surface area contributed by atoms with E-state index < -0.39 is 5.66 Å². The Morgan fingerprint density at radius 1 is 1.38 bits per heavy atom. The van der Waals surface area contributed by atoms with Crippen LogP contribution >= 0.6 is 0 Å². The predicted molar refractivity (Wildman–Crippen MR) is 86.2 cm³/mol. The minimum atomic E-state index is -0.400. The van der Waals surface area contributed by atoms with Crippen LogP contribution in [0.1, 0.15) is 29.6 Å². The van der Waals surface area contributed by atoms with Gasteiger partial charge in [0.05, 0.1) is 5.69 Å². The molecule has 0 spiro atoms. The molecule has 2 aromatic rings. The molecule has 1 aromatic heterocycles. The summed E-state index contributed by atoms with van der Waals surface area (Å²) in [4.78, 5) is 12.3. The Morgan fingerprint density at radius 2 is 2.21 bits per heavy atom. The first-order valence-electron chi connectivity index (χ1n) is 7.44. The summed E-state index contributed by atoms with van der Waals surface area (Å²) in [5.74, 6) is 2.53. The van der Waals surface area contributed by atoms with Crippen LogP contribution < -0.4 is 11.1 Å². The molecule has 0 unspecified atom stereocenters. The van der Waals surface area contributed by atoms with Crippen LogP contribution in [0.4, 0.5) is 5.95 Å². The summed E-state index contributed by atoms with van der Waals surface area (Å²) in [5, 5.41) is 21.8. The number of nitrogens with zero attached hydrogens (tertiary/aromatic N) is 6. The molecule has 1 aliphatic rings. The summed E-state index contributed by atoms with van der Waals surface area (Å²) in [6, 6.07) is 6.88. The van der Waals surface area contributed by atoms with Gasteiger partial charge in [-0.25, -0.2) is 0 Å². The predicted octanol–water partition coefficient (Wildman–Crippen LogP) is 0.940. The zero-order valence-electron chi connectivity index (χ0n) is 12.9. The highest BCUT2D eigenvalue weighted by molar-refractivity contribution is 5.94. The number of hydrogen-bond acceptors (Lipinski definition) is 7. The number of carbonyl (C=O) groups excluding carboxylic acids is 1. The van der Waals surface area contributed by atoms with Gasteiger partial charge in [-0.1, -0.05) is 11.2 Å². The van der Waals surface area contributed by atoms with Crippen LogP contribution in [0.2, 0.25) is 0 Å². The van der Waals surface area contributed by atoms with Gasteiger partial charge in [-0.05, 0) is 28.6 Å². The number of nitrogen functional groups attached to an aromatic ring is 1. The number of rotatable bonds is 7. The number of nitrogens with one attached hydrogen (secondary N) is 1. The van der Waals surface area contributed by atoms with Gasteiger partial charge >= 0.3 is 0 Å². The van der Waals surface area contributed by atoms with E-state index >= 15 is 0 Å². The average molecular weight is 324 g/mol. The zero-order chi connectivity index (χ0) is 17.0. The standard InChI is InChI=1S/C15H16N8O/c1-2-3-7-15(19-20-15)8-9-17-13(24)11-5-4-6-12(10-11)23-14(16)18-21-22-23/h1,4-6,10H,3,7-9H2,(H,17,24)(H2,16,18,22). The number of benzene rings is 1. The smallest absolute Gasteiger partial charge is 0.251 e. The largest absolute Gasteiger partial charge is 0.366 e. The van der Waals surface area contributed by atoms with E-state index in [-0.39, 0.29) is 11.9 Å². The number of amides is 1. The number of nitrogens with two attached hydrogens (primary N) is 1. The third-order valence-electron chi connectivity index (χ3n) is 3.71. The van der Waals surface area contributed by atoms with Crippen molar-refractivity contribution < 1.29 is 4.79 Å². The van der Waals surface area contributed by atoms with Gasteiger partial charge in [-0.2, -0.15) is 14.9 Å². The molecule has 1 amide bonds. The van der Waals surface area contributed by atoms with Gasteiger partial charge in [0.15, 0.2) is 5.66 Å². The van der Waals surface area contributed by atoms with Crippen molar-refractivity contribution in [3.8, 4) is 18.0 Å². The molecule has 0 saturated heterocycles. The second-order valence-electron chi connectivity index (χ2n) is 5.39. The fourth-order valence-electron chi connectivity index (χ4n) is 2.30. The first kappa shape index (κ1) is 15.6. The Hall–Kier alpha value is -3.28. The third-order valence-corrected chi connectivity index (χ3v) is 3.71. The Balaban J connectivity index is 1.58. The first-order chi connectivity index (χ1) is 11.6. The Kier molecular flexibility index (Phi) is 4.20. The van der Waals surface area contributed by atoms with E-state index in [4.69, 9.17) is 12.2 Å². The minimum Gasteiger partial charge on any atom is -0.366 e. The molecule has 0 radical (unpaired) electrons. The highest BCUT2D eigenvalue weighted by Gasteiger charge is 2.38. The molecule has 0 aliphatic carbocycles. The molecule has 24 heavy (non-hydrogen) atoms. The number of carbonyl (C=O) groups is 1. The highest BCUT2D eigenvalue weighted by atomic mass is 16.1. The quantitative estimate of drug-likeness (QED) is 0.734. The molecular weight excluding hydrogens is 308 g/mol. The highest BCUT2D eigenvalue weighted by Crippen LogP contribution is 2.36. The van der Waals surface area contributed by atoms with E-state index in [2.05, 4.69) is 37.0 Å². The van der Waals surface area contributed by atoms with Crippen LogP contribution in [-0.4, -0.2) is 38.3 Å². The van der Waals surface area contributed by atoms with Crippen molar-refractivity contribution in [2.24, 2.45) is 10.2 Å². The van der Waals surface area contributed by atoms with Crippen LogP contribution in [-0.2, 0) is 0 Å². The third kappa shape index (κ3) is 3.38. The summed E-state index contributed by atoms with van der Waals surface area (Å²) in [6.07, 6.45) is 7.23. The second kappa shape index (κ2) is 6.45. The van der Waals surface area contributed by atoms with Crippen LogP contribution in [0.3, 0.4) is 0 Å². The topological polar surface area (TPSA) is 123 Å².